The molecule has 1 aliphatic rings. The van der Waals surface area contributed by atoms with Gasteiger partial charge in [-0.05, 0) is 48.9 Å². The summed E-state index contributed by atoms with van der Waals surface area (Å²) in [6, 6.07) is 7.33. The summed E-state index contributed by atoms with van der Waals surface area (Å²) in [6.07, 6.45) is 2.43. The first-order chi connectivity index (χ1) is 13.4. The Morgan fingerprint density at radius 2 is 1.86 bits per heavy atom. The Kier molecular flexibility index (Phi) is 6.36. The topological polar surface area (TPSA) is 41.6 Å². The van der Waals surface area contributed by atoms with Crippen LogP contribution in [-0.4, -0.2) is 32.2 Å². The molecule has 1 saturated heterocycles. The number of amides is 1. The zero-order valence-corrected chi connectivity index (χ0v) is 15.4. The van der Waals surface area contributed by atoms with Crippen LogP contribution in [0.4, 0.5) is 18.9 Å². The SMILES string of the molecule is CC(NC(=O)/C=C/c1ccc(F)cc1F)c1cc(F)cc(N2CCOCC2)c1. The number of benzene rings is 2. The summed E-state index contributed by atoms with van der Waals surface area (Å²) in [6.45, 7) is 4.26. The van der Waals surface area contributed by atoms with Crippen molar-refractivity contribution in [2.75, 3.05) is 31.2 Å². The van der Waals surface area contributed by atoms with Gasteiger partial charge >= 0.3 is 0 Å². The molecular formula is C21H21F3N2O2. The van der Waals surface area contributed by atoms with Gasteiger partial charge in [0.25, 0.3) is 0 Å². The van der Waals surface area contributed by atoms with Crippen molar-refractivity contribution in [3.8, 4) is 0 Å². The number of nitrogens with one attached hydrogen (secondary N) is 1. The fourth-order valence-electron chi connectivity index (χ4n) is 3.00. The summed E-state index contributed by atoms with van der Waals surface area (Å²) in [5.41, 5.74) is 1.46. The summed E-state index contributed by atoms with van der Waals surface area (Å²) in [4.78, 5) is 14.2. The Hall–Kier alpha value is -2.80. The molecule has 0 saturated carbocycles. The fraction of sp³-hybridized carbons (Fsp3) is 0.286. The second kappa shape index (κ2) is 8.93. The van der Waals surface area contributed by atoms with Crippen LogP contribution in [0.1, 0.15) is 24.1 Å². The first-order valence-electron chi connectivity index (χ1n) is 8.99. The van der Waals surface area contributed by atoms with Crippen LogP contribution < -0.4 is 10.2 Å². The number of carbonyl (C=O) groups excluding carboxylic acids is 1. The summed E-state index contributed by atoms with van der Waals surface area (Å²) in [5.74, 6) is -2.29. The molecule has 1 aliphatic heterocycles. The molecule has 28 heavy (non-hydrogen) atoms. The molecule has 1 fully saturated rings. The molecule has 2 aromatic carbocycles. The second-order valence-electron chi connectivity index (χ2n) is 6.57. The van der Waals surface area contributed by atoms with Crippen LogP contribution in [0.15, 0.2) is 42.5 Å². The molecular weight excluding hydrogens is 369 g/mol. The lowest BCUT2D eigenvalue weighted by atomic mass is 10.1. The van der Waals surface area contributed by atoms with Gasteiger partial charge in [0, 0.05) is 36.5 Å². The lowest BCUT2D eigenvalue weighted by Gasteiger charge is -2.29. The number of hydrogen-bond acceptors (Lipinski definition) is 3. The second-order valence-corrected chi connectivity index (χ2v) is 6.57. The van der Waals surface area contributed by atoms with Crippen LogP contribution in [0.5, 0.6) is 0 Å². The average molecular weight is 390 g/mol. The highest BCUT2D eigenvalue weighted by atomic mass is 19.1. The van der Waals surface area contributed by atoms with Crippen molar-refractivity contribution in [1.29, 1.82) is 0 Å². The molecule has 1 atom stereocenters. The van der Waals surface area contributed by atoms with Crippen molar-refractivity contribution in [3.05, 3.63) is 71.1 Å². The Morgan fingerprint density at radius 3 is 2.57 bits per heavy atom. The van der Waals surface area contributed by atoms with E-state index in [1.807, 2.05) is 11.0 Å². The quantitative estimate of drug-likeness (QED) is 0.789. The van der Waals surface area contributed by atoms with Crippen molar-refractivity contribution in [3.63, 3.8) is 0 Å². The number of nitrogens with zero attached hydrogens (tertiary/aromatic N) is 1. The first kappa shape index (κ1) is 19.9. The standard InChI is InChI=1S/C21H21F3N2O2/c1-14(25-21(27)5-3-15-2-4-17(22)13-20(15)24)16-10-18(23)12-19(11-16)26-6-8-28-9-7-26/h2-5,10-14H,6-9H2,1H3,(H,25,27)/b5-3+. The molecule has 1 amide bonds. The van der Waals surface area contributed by atoms with Gasteiger partial charge in [-0.25, -0.2) is 13.2 Å². The van der Waals surface area contributed by atoms with Crippen LogP contribution in [0.25, 0.3) is 6.08 Å². The minimum absolute atomic E-state index is 0.101. The monoisotopic (exact) mass is 390 g/mol. The van der Waals surface area contributed by atoms with Crippen LogP contribution in [0.2, 0.25) is 0 Å². The van der Waals surface area contributed by atoms with Gasteiger partial charge in [-0.2, -0.15) is 0 Å². The summed E-state index contributed by atoms with van der Waals surface area (Å²) in [7, 11) is 0. The third-order valence-electron chi connectivity index (χ3n) is 4.52. The Morgan fingerprint density at radius 1 is 1.11 bits per heavy atom. The minimum atomic E-state index is -0.752. The van der Waals surface area contributed by atoms with Crippen LogP contribution in [0.3, 0.4) is 0 Å². The van der Waals surface area contributed by atoms with E-state index in [1.165, 1.54) is 24.3 Å². The van der Waals surface area contributed by atoms with E-state index in [-0.39, 0.29) is 11.4 Å². The summed E-state index contributed by atoms with van der Waals surface area (Å²) < 4.78 is 45.9. The molecule has 1 heterocycles. The Balaban J connectivity index is 1.68. The molecule has 7 heteroatoms. The zero-order chi connectivity index (χ0) is 20.1. The molecule has 0 aromatic heterocycles. The highest BCUT2D eigenvalue weighted by molar-refractivity contribution is 5.92. The number of hydrogen-bond donors (Lipinski definition) is 1. The first-order valence-corrected chi connectivity index (χ1v) is 8.99. The van der Waals surface area contributed by atoms with E-state index >= 15 is 0 Å². The van der Waals surface area contributed by atoms with Crippen LogP contribution in [0, 0.1) is 17.5 Å². The molecule has 148 valence electrons. The molecule has 1 N–H and O–H groups in total. The van der Waals surface area contributed by atoms with Gasteiger partial charge in [-0.15, -0.1) is 0 Å². The van der Waals surface area contributed by atoms with Gasteiger partial charge in [0.2, 0.25) is 5.91 Å². The Bertz CT molecular complexity index is 880. The van der Waals surface area contributed by atoms with E-state index in [4.69, 9.17) is 4.74 Å². The molecule has 3 rings (SSSR count). The molecule has 0 bridgehead atoms. The summed E-state index contributed by atoms with van der Waals surface area (Å²) >= 11 is 0. The van der Waals surface area contributed by atoms with Gasteiger partial charge in [0.15, 0.2) is 0 Å². The predicted molar refractivity (Wildman–Crippen MR) is 101 cm³/mol. The molecule has 0 spiro atoms. The smallest absolute Gasteiger partial charge is 0.244 e. The van der Waals surface area contributed by atoms with E-state index in [9.17, 15) is 18.0 Å². The normalized spacial score (nSPS) is 15.6. The van der Waals surface area contributed by atoms with Gasteiger partial charge in [0.1, 0.15) is 17.5 Å². The predicted octanol–water partition coefficient (Wildman–Crippen LogP) is 3.83. The zero-order valence-electron chi connectivity index (χ0n) is 15.4. The average Bonchev–Trinajstić information content (AvgIpc) is 2.67. The third kappa shape index (κ3) is 5.13. The number of ether oxygens (including phenoxy) is 1. The maximum Gasteiger partial charge on any atom is 0.244 e. The van der Waals surface area contributed by atoms with E-state index < -0.39 is 23.6 Å². The molecule has 0 radical (unpaired) electrons. The van der Waals surface area contributed by atoms with Gasteiger partial charge in [-0.3, -0.25) is 4.79 Å². The van der Waals surface area contributed by atoms with E-state index in [0.29, 0.717) is 31.9 Å². The number of anilines is 1. The van der Waals surface area contributed by atoms with Crippen LogP contribution in [-0.2, 0) is 9.53 Å². The van der Waals surface area contributed by atoms with Gasteiger partial charge in [-0.1, -0.05) is 0 Å². The van der Waals surface area contributed by atoms with E-state index in [2.05, 4.69) is 5.32 Å². The van der Waals surface area contributed by atoms with Crippen molar-refractivity contribution in [1.82, 2.24) is 5.32 Å². The highest BCUT2D eigenvalue weighted by Crippen LogP contribution is 2.23. The summed E-state index contributed by atoms with van der Waals surface area (Å²) in [5, 5.41) is 2.72. The number of rotatable bonds is 5. The number of carbonyl (C=O) groups is 1. The Labute approximate surface area is 161 Å². The van der Waals surface area contributed by atoms with Crippen LogP contribution >= 0.6 is 0 Å². The maximum absolute atomic E-state index is 14.1. The van der Waals surface area contributed by atoms with Crippen molar-refractivity contribution in [2.45, 2.75) is 13.0 Å². The van der Waals surface area contributed by atoms with Crippen molar-refractivity contribution >= 4 is 17.7 Å². The third-order valence-corrected chi connectivity index (χ3v) is 4.52. The molecule has 1 unspecified atom stereocenters. The minimum Gasteiger partial charge on any atom is -0.378 e. The molecule has 0 aliphatic carbocycles. The number of halogens is 3. The van der Waals surface area contributed by atoms with Gasteiger partial charge in [0.05, 0.1) is 19.3 Å². The molecule has 4 nitrogen and oxygen atoms in total. The van der Waals surface area contributed by atoms with Crippen molar-refractivity contribution < 1.29 is 22.7 Å². The molecule has 2 aromatic rings. The number of morpholine rings is 1. The van der Waals surface area contributed by atoms with E-state index in [1.54, 1.807) is 6.92 Å². The van der Waals surface area contributed by atoms with Gasteiger partial charge < -0.3 is 15.0 Å². The largest absolute Gasteiger partial charge is 0.378 e. The fourth-order valence-corrected chi connectivity index (χ4v) is 3.00. The maximum atomic E-state index is 14.1. The highest BCUT2D eigenvalue weighted by Gasteiger charge is 2.16. The van der Waals surface area contributed by atoms with E-state index in [0.717, 1.165) is 23.9 Å². The lowest BCUT2D eigenvalue weighted by molar-refractivity contribution is -0.117. The lowest BCUT2D eigenvalue weighted by Crippen LogP contribution is -2.36. The van der Waals surface area contributed by atoms with Crippen molar-refractivity contribution in [2.24, 2.45) is 0 Å².